The second kappa shape index (κ2) is 8.04. The monoisotopic (exact) mass is 456 g/mol. The van der Waals surface area contributed by atoms with Gasteiger partial charge in [0, 0.05) is 16.4 Å². The Hall–Kier alpha value is -3.58. The van der Waals surface area contributed by atoms with E-state index in [2.05, 4.69) is 59.4 Å². The van der Waals surface area contributed by atoms with Crippen LogP contribution in [0.3, 0.4) is 0 Å². The number of nitrogens with one attached hydrogen (secondary N) is 1. The van der Waals surface area contributed by atoms with Gasteiger partial charge in [0.2, 0.25) is 0 Å². The number of halogens is 1. The van der Waals surface area contributed by atoms with Crippen molar-refractivity contribution in [3.63, 3.8) is 0 Å². The summed E-state index contributed by atoms with van der Waals surface area (Å²) in [6.07, 6.45) is 1.72. The minimum Gasteiger partial charge on any atom is -0.319 e. The molecule has 0 saturated carbocycles. The molecule has 1 N–H and O–H groups in total. The van der Waals surface area contributed by atoms with Gasteiger partial charge in [0.1, 0.15) is 5.52 Å². The predicted octanol–water partition coefficient (Wildman–Crippen LogP) is 5.24. The third-order valence-electron chi connectivity index (χ3n) is 4.81. The summed E-state index contributed by atoms with van der Waals surface area (Å²) in [6, 6.07) is 26.3. The molecule has 0 amide bonds. The Balaban J connectivity index is 1.51. The number of nitrogens with zero attached hydrogens (tertiary/aromatic N) is 5. The highest BCUT2D eigenvalue weighted by Crippen LogP contribution is 2.27. The first-order valence-corrected chi connectivity index (χ1v) is 10.3. The van der Waals surface area contributed by atoms with Crippen LogP contribution in [0.5, 0.6) is 0 Å². The van der Waals surface area contributed by atoms with Gasteiger partial charge in [-0.15, -0.1) is 10.2 Å². The van der Waals surface area contributed by atoms with Crippen molar-refractivity contribution in [2.45, 2.75) is 6.54 Å². The highest BCUT2D eigenvalue weighted by atomic mass is 79.9. The van der Waals surface area contributed by atoms with Crippen LogP contribution in [0.4, 0.5) is 5.95 Å². The van der Waals surface area contributed by atoms with Crippen LogP contribution in [0.1, 0.15) is 11.1 Å². The first kappa shape index (κ1) is 18.4. The highest BCUT2D eigenvalue weighted by molar-refractivity contribution is 9.10. The van der Waals surface area contributed by atoms with Crippen molar-refractivity contribution in [2.75, 3.05) is 5.43 Å². The molecule has 7 heteroatoms. The number of hydrogen-bond acceptors (Lipinski definition) is 5. The number of hydrogen-bond donors (Lipinski definition) is 1. The Kier molecular flexibility index (Phi) is 4.94. The summed E-state index contributed by atoms with van der Waals surface area (Å²) >= 11 is 3.43. The Bertz CT molecular complexity index is 1340. The van der Waals surface area contributed by atoms with E-state index in [0.29, 0.717) is 12.5 Å². The largest absolute Gasteiger partial charge is 0.319 e. The lowest BCUT2D eigenvalue weighted by molar-refractivity contribution is 0.848. The fraction of sp³-hybridized carbons (Fsp3) is 0.0435. The summed E-state index contributed by atoms with van der Waals surface area (Å²) in [7, 11) is 0. The summed E-state index contributed by atoms with van der Waals surface area (Å²) in [5, 5.41) is 13.9. The molecule has 0 aliphatic rings. The SMILES string of the molecule is Brc1ccc(C=NNc2nnc3c4ccccc4n(Cc4ccccc4)c3n2)cc1. The lowest BCUT2D eigenvalue weighted by atomic mass is 10.2. The Morgan fingerprint density at radius 2 is 1.67 bits per heavy atom. The number of rotatable bonds is 5. The molecule has 0 unspecified atom stereocenters. The minimum atomic E-state index is 0.355. The summed E-state index contributed by atoms with van der Waals surface area (Å²) in [5.41, 5.74) is 7.69. The Labute approximate surface area is 181 Å². The van der Waals surface area contributed by atoms with Gasteiger partial charge in [-0.05, 0) is 29.3 Å². The lowest BCUT2D eigenvalue weighted by Gasteiger charge is -2.07. The number of anilines is 1. The van der Waals surface area contributed by atoms with Gasteiger partial charge in [-0.1, -0.05) is 76.6 Å². The van der Waals surface area contributed by atoms with E-state index in [9.17, 15) is 0 Å². The molecule has 0 spiro atoms. The molecule has 0 saturated heterocycles. The molecule has 30 heavy (non-hydrogen) atoms. The zero-order valence-electron chi connectivity index (χ0n) is 15.9. The van der Waals surface area contributed by atoms with Gasteiger partial charge in [0.15, 0.2) is 5.65 Å². The molecule has 6 nitrogen and oxygen atoms in total. The van der Waals surface area contributed by atoms with E-state index in [-0.39, 0.29) is 0 Å². The lowest BCUT2D eigenvalue weighted by Crippen LogP contribution is -2.04. The molecule has 146 valence electrons. The standard InChI is InChI=1S/C23H17BrN6/c24-18-12-10-16(11-13-18)14-25-28-23-26-22-21(27-29-23)19-8-4-5-9-20(19)30(22)15-17-6-2-1-3-7-17/h1-14H,15H2,(H,26,28,29). The van der Waals surface area contributed by atoms with Crippen LogP contribution >= 0.6 is 15.9 Å². The molecule has 2 aromatic heterocycles. The maximum atomic E-state index is 4.71. The number of benzene rings is 3. The van der Waals surface area contributed by atoms with Crippen molar-refractivity contribution in [2.24, 2.45) is 5.10 Å². The molecule has 2 heterocycles. The minimum absolute atomic E-state index is 0.355. The van der Waals surface area contributed by atoms with Crippen molar-refractivity contribution < 1.29 is 0 Å². The molecule has 0 fully saturated rings. The molecule has 5 aromatic rings. The van der Waals surface area contributed by atoms with Crippen molar-refractivity contribution in [3.8, 4) is 0 Å². The quantitative estimate of drug-likeness (QED) is 0.290. The van der Waals surface area contributed by atoms with Crippen LogP contribution < -0.4 is 5.43 Å². The molecular formula is C23H17BrN6. The van der Waals surface area contributed by atoms with Crippen molar-refractivity contribution >= 4 is 50.2 Å². The van der Waals surface area contributed by atoms with Gasteiger partial charge in [-0.25, -0.2) is 5.43 Å². The van der Waals surface area contributed by atoms with Gasteiger partial charge in [0.25, 0.3) is 5.95 Å². The van der Waals surface area contributed by atoms with E-state index in [1.54, 1.807) is 6.21 Å². The van der Waals surface area contributed by atoms with Crippen LogP contribution in [0, 0.1) is 0 Å². The average Bonchev–Trinajstić information content (AvgIpc) is 3.09. The van der Waals surface area contributed by atoms with E-state index in [1.165, 1.54) is 5.56 Å². The molecule has 0 aliphatic carbocycles. The molecule has 0 atom stereocenters. The second-order valence-electron chi connectivity index (χ2n) is 6.82. The van der Waals surface area contributed by atoms with Crippen molar-refractivity contribution in [1.29, 1.82) is 0 Å². The van der Waals surface area contributed by atoms with E-state index >= 15 is 0 Å². The second-order valence-corrected chi connectivity index (χ2v) is 7.73. The number of hydrazone groups is 1. The first-order chi connectivity index (χ1) is 14.8. The molecular weight excluding hydrogens is 440 g/mol. The number of fused-ring (bicyclic) bond motifs is 3. The van der Waals surface area contributed by atoms with Gasteiger partial charge in [-0.3, -0.25) is 0 Å². The maximum Gasteiger partial charge on any atom is 0.265 e. The zero-order valence-corrected chi connectivity index (χ0v) is 17.5. The predicted molar refractivity (Wildman–Crippen MR) is 124 cm³/mol. The molecule has 0 aliphatic heterocycles. The Morgan fingerprint density at radius 1 is 0.900 bits per heavy atom. The van der Waals surface area contributed by atoms with Crippen LogP contribution in [-0.4, -0.2) is 26.0 Å². The molecule has 0 radical (unpaired) electrons. The Morgan fingerprint density at radius 3 is 2.50 bits per heavy atom. The molecule has 0 bridgehead atoms. The molecule has 5 rings (SSSR count). The van der Waals surface area contributed by atoms with Crippen LogP contribution in [0.15, 0.2) is 88.4 Å². The van der Waals surface area contributed by atoms with Crippen LogP contribution in [-0.2, 0) is 6.54 Å². The highest BCUT2D eigenvalue weighted by Gasteiger charge is 2.14. The topological polar surface area (TPSA) is 68.0 Å². The van der Waals surface area contributed by atoms with Gasteiger partial charge < -0.3 is 4.57 Å². The summed E-state index contributed by atoms with van der Waals surface area (Å²) in [5.74, 6) is 0.355. The van der Waals surface area contributed by atoms with Gasteiger partial charge in [0.05, 0.1) is 11.7 Å². The van der Waals surface area contributed by atoms with Gasteiger partial charge in [-0.2, -0.15) is 10.1 Å². The van der Waals surface area contributed by atoms with Crippen molar-refractivity contribution in [1.82, 2.24) is 19.7 Å². The summed E-state index contributed by atoms with van der Waals surface area (Å²) in [6.45, 7) is 0.700. The number of para-hydroxylation sites is 1. The van der Waals surface area contributed by atoms with E-state index < -0.39 is 0 Å². The van der Waals surface area contributed by atoms with E-state index in [0.717, 1.165) is 32.1 Å². The van der Waals surface area contributed by atoms with E-state index in [1.807, 2.05) is 60.7 Å². The van der Waals surface area contributed by atoms with Gasteiger partial charge >= 0.3 is 0 Å². The fourth-order valence-electron chi connectivity index (χ4n) is 3.39. The van der Waals surface area contributed by atoms with E-state index in [4.69, 9.17) is 4.98 Å². The fourth-order valence-corrected chi connectivity index (χ4v) is 3.65. The summed E-state index contributed by atoms with van der Waals surface area (Å²) < 4.78 is 3.19. The maximum absolute atomic E-state index is 4.71. The van der Waals surface area contributed by atoms with Crippen LogP contribution in [0.25, 0.3) is 22.1 Å². The van der Waals surface area contributed by atoms with Crippen molar-refractivity contribution in [3.05, 3.63) is 94.5 Å². The first-order valence-electron chi connectivity index (χ1n) is 9.48. The normalized spacial score (nSPS) is 11.5. The summed E-state index contributed by atoms with van der Waals surface area (Å²) in [4.78, 5) is 4.71. The third-order valence-corrected chi connectivity index (χ3v) is 5.33. The zero-order chi connectivity index (χ0) is 20.3. The third kappa shape index (κ3) is 3.67. The number of aromatic nitrogens is 4. The smallest absolute Gasteiger partial charge is 0.265 e. The molecule has 3 aromatic carbocycles. The average molecular weight is 457 g/mol. The van der Waals surface area contributed by atoms with Crippen LogP contribution in [0.2, 0.25) is 0 Å².